The van der Waals surface area contributed by atoms with Gasteiger partial charge in [0.1, 0.15) is 0 Å². The first-order chi connectivity index (χ1) is 12.5. The van der Waals surface area contributed by atoms with E-state index in [9.17, 15) is 4.79 Å². The quantitative estimate of drug-likeness (QED) is 0.713. The van der Waals surface area contributed by atoms with Gasteiger partial charge >= 0.3 is 7.12 Å². The van der Waals surface area contributed by atoms with Crippen LogP contribution in [0.25, 0.3) is 0 Å². The first-order valence-corrected chi connectivity index (χ1v) is 10.9. The van der Waals surface area contributed by atoms with Crippen LogP contribution in [0, 0.1) is 11.3 Å². The van der Waals surface area contributed by atoms with Gasteiger partial charge in [-0.2, -0.15) is 0 Å². The van der Waals surface area contributed by atoms with Crippen LogP contribution < -0.4 is 5.32 Å². The zero-order chi connectivity index (χ0) is 21.5. The summed E-state index contributed by atoms with van der Waals surface area (Å²) in [7, 11) is 4.10. The van der Waals surface area contributed by atoms with Crippen molar-refractivity contribution in [3.63, 3.8) is 0 Å². The molecule has 3 atom stereocenters. The molecule has 2 aliphatic rings. The maximum Gasteiger partial charge on any atom is 0.457 e. The van der Waals surface area contributed by atoms with Crippen molar-refractivity contribution in [3.05, 3.63) is 0 Å². The monoisotopic (exact) mass is 394 g/mol. The van der Waals surface area contributed by atoms with Gasteiger partial charge in [-0.3, -0.25) is 4.79 Å². The third-order valence-electron chi connectivity index (χ3n) is 6.91. The van der Waals surface area contributed by atoms with Crippen molar-refractivity contribution in [3.8, 4) is 0 Å². The number of hydrogen-bond acceptors (Lipinski definition) is 4. The Morgan fingerprint density at radius 1 is 1.07 bits per heavy atom. The van der Waals surface area contributed by atoms with Crippen LogP contribution in [0.15, 0.2) is 0 Å². The molecular formula is C22H43BN2O3. The molecule has 1 aliphatic carbocycles. The van der Waals surface area contributed by atoms with Gasteiger partial charge in [0.25, 0.3) is 0 Å². The second-order valence-corrected chi connectivity index (χ2v) is 11.7. The molecule has 0 aromatic heterocycles. The number of amides is 1. The fourth-order valence-corrected chi connectivity index (χ4v) is 4.54. The SMILES string of the molecule is CN(C)C1CC(CCB2OC(C)(C)C(C)(C)O2)CC(C)(C(=O)NC(C)(C)C)C1. The molecule has 0 bridgehead atoms. The molecule has 0 spiro atoms. The second-order valence-electron chi connectivity index (χ2n) is 11.7. The van der Waals surface area contributed by atoms with Gasteiger partial charge in [0.15, 0.2) is 0 Å². The lowest BCUT2D eigenvalue weighted by Gasteiger charge is -2.44. The Balaban J connectivity index is 2.04. The summed E-state index contributed by atoms with van der Waals surface area (Å²) in [5.41, 5.74) is -1.10. The van der Waals surface area contributed by atoms with Crippen molar-refractivity contribution in [1.82, 2.24) is 10.2 Å². The van der Waals surface area contributed by atoms with Crippen molar-refractivity contribution in [1.29, 1.82) is 0 Å². The Bertz CT molecular complexity index is 555. The minimum Gasteiger partial charge on any atom is -0.403 e. The van der Waals surface area contributed by atoms with Crippen LogP contribution in [0.2, 0.25) is 6.32 Å². The maximum atomic E-state index is 13.1. The van der Waals surface area contributed by atoms with E-state index in [0.29, 0.717) is 12.0 Å². The van der Waals surface area contributed by atoms with Crippen LogP contribution in [0.1, 0.15) is 81.1 Å². The zero-order valence-electron chi connectivity index (χ0n) is 19.9. The normalized spacial score (nSPS) is 32.6. The highest BCUT2D eigenvalue weighted by Crippen LogP contribution is 2.44. The van der Waals surface area contributed by atoms with E-state index >= 15 is 0 Å². The molecule has 3 unspecified atom stereocenters. The molecule has 1 heterocycles. The van der Waals surface area contributed by atoms with E-state index in [4.69, 9.17) is 9.31 Å². The summed E-state index contributed by atoms with van der Waals surface area (Å²) >= 11 is 0. The van der Waals surface area contributed by atoms with E-state index in [1.165, 1.54) is 0 Å². The van der Waals surface area contributed by atoms with E-state index in [1.807, 2.05) is 0 Å². The van der Waals surface area contributed by atoms with Crippen LogP contribution in [0.5, 0.6) is 0 Å². The minimum absolute atomic E-state index is 0.153. The Kier molecular flexibility index (Phi) is 6.70. The lowest BCUT2D eigenvalue weighted by molar-refractivity contribution is -0.135. The van der Waals surface area contributed by atoms with Crippen molar-refractivity contribution >= 4 is 13.0 Å². The van der Waals surface area contributed by atoms with Crippen molar-refractivity contribution in [2.45, 2.75) is 110 Å². The van der Waals surface area contributed by atoms with Crippen LogP contribution >= 0.6 is 0 Å². The van der Waals surface area contributed by atoms with Gasteiger partial charge in [0.2, 0.25) is 5.91 Å². The fourth-order valence-electron chi connectivity index (χ4n) is 4.54. The molecule has 1 N–H and O–H groups in total. The molecule has 162 valence electrons. The van der Waals surface area contributed by atoms with E-state index in [-0.39, 0.29) is 35.2 Å². The summed E-state index contributed by atoms with van der Waals surface area (Å²) in [6.07, 6.45) is 4.88. The number of nitrogens with one attached hydrogen (secondary N) is 1. The summed E-state index contributed by atoms with van der Waals surface area (Å²) in [6, 6.07) is 0.424. The van der Waals surface area contributed by atoms with Crippen molar-refractivity contribution in [2.24, 2.45) is 11.3 Å². The first-order valence-electron chi connectivity index (χ1n) is 10.9. The molecule has 0 aromatic rings. The Morgan fingerprint density at radius 2 is 1.61 bits per heavy atom. The number of carbonyl (C=O) groups excluding carboxylic acids is 1. The molecule has 2 rings (SSSR count). The summed E-state index contributed by atoms with van der Waals surface area (Å²) in [4.78, 5) is 15.4. The van der Waals surface area contributed by atoms with Crippen molar-refractivity contribution in [2.75, 3.05) is 14.1 Å². The molecule has 0 aromatic carbocycles. The van der Waals surface area contributed by atoms with Gasteiger partial charge in [-0.15, -0.1) is 0 Å². The minimum atomic E-state index is -0.332. The molecule has 5 nitrogen and oxygen atoms in total. The van der Waals surface area contributed by atoms with Gasteiger partial charge in [-0.05, 0) is 94.1 Å². The zero-order valence-corrected chi connectivity index (χ0v) is 19.9. The Morgan fingerprint density at radius 3 is 2.07 bits per heavy atom. The molecule has 1 amide bonds. The molecule has 1 saturated carbocycles. The summed E-state index contributed by atoms with van der Waals surface area (Å²) in [6.45, 7) is 16.7. The molecule has 0 radical (unpaired) electrons. The molecule has 2 fully saturated rings. The molecule has 1 aliphatic heterocycles. The van der Waals surface area contributed by atoms with Gasteiger partial charge in [0.05, 0.1) is 11.2 Å². The first kappa shape index (κ1) is 23.7. The molecular weight excluding hydrogens is 351 g/mol. The molecule has 6 heteroatoms. The van der Waals surface area contributed by atoms with Gasteiger partial charge < -0.3 is 19.5 Å². The van der Waals surface area contributed by atoms with E-state index in [1.54, 1.807) is 0 Å². The van der Waals surface area contributed by atoms with Gasteiger partial charge in [0, 0.05) is 17.0 Å². The number of hydrogen-bond donors (Lipinski definition) is 1. The third kappa shape index (κ3) is 5.51. The highest BCUT2D eigenvalue weighted by molar-refractivity contribution is 6.45. The maximum absolute atomic E-state index is 13.1. The van der Waals surface area contributed by atoms with Crippen LogP contribution in [-0.4, -0.2) is 54.8 Å². The highest BCUT2D eigenvalue weighted by Gasteiger charge is 2.51. The lowest BCUT2D eigenvalue weighted by atomic mass is 9.65. The molecule has 28 heavy (non-hydrogen) atoms. The fraction of sp³-hybridized carbons (Fsp3) is 0.955. The third-order valence-corrected chi connectivity index (χ3v) is 6.91. The average molecular weight is 394 g/mol. The predicted molar refractivity (Wildman–Crippen MR) is 116 cm³/mol. The summed E-state index contributed by atoms with van der Waals surface area (Å²) < 4.78 is 12.4. The predicted octanol–water partition coefficient (Wildman–Crippen LogP) is 4.12. The second kappa shape index (κ2) is 7.92. The number of carbonyl (C=O) groups is 1. The summed E-state index contributed by atoms with van der Waals surface area (Å²) in [5, 5.41) is 3.22. The van der Waals surface area contributed by atoms with Crippen molar-refractivity contribution < 1.29 is 14.1 Å². The lowest BCUT2D eigenvalue weighted by Crippen LogP contribution is -2.53. The summed E-state index contributed by atoms with van der Waals surface area (Å²) in [5.74, 6) is 0.683. The van der Waals surface area contributed by atoms with Crippen LogP contribution in [0.4, 0.5) is 0 Å². The van der Waals surface area contributed by atoms with Gasteiger partial charge in [-0.1, -0.05) is 13.3 Å². The Hall–Kier alpha value is -0.585. The van der Waals surface area contributed by atoms with Gasteiger partial charge in [-0.25, -0.2) is 0 Å². The average Bonchev–Trinajstić information content (AvgIpc) is 2.70. The number of nitrogens with zero attached hydrogens (tertiary/aromatic N) is 1. The topological polar surface area (TPSA) is 50.8 Å². The Labute approximate surface area is 173 Å². The van der Waals surface area contributed by atoms with Crippen LogP contribution in [-0.2, 0) is 14.1 Å². The standard InChI is InChI=1S/C22H43BN2O3/c1-19(2,3)24-18(26)22(8)14-16(13-17(15-22)25(9)10)11-12-23-27-20(4,5)21(6,7)28-23/h16-17H,11-15H2,1-10H3,(H,24,26). The molecule has 1 saturated heterocycles. The smallest absolute Gasteiger partial charge is 0.403 e. The highest BCUT2D eigenvalue weighted by atomic mass is 16.7. The van der Waals surface area contributed by atoms with Crippen LogP contribution in [0.3, 0.4) is 0 Å². The largest absolute Gasteiger partial charge is 0.457 e. The van der Waals surface area contributed by atoms with E-state index < -0.39 is 0 Å². The van der Waals surface area contributed by atoms with E-state index in [0.717, 1.165) is 32.0 Å². The van der Waals surface area contributed by atoms with E-state index in [2.05, 4.69) is 79.7 Å². The number of rotatable bonds is 5.